The molecule has 0 saturated heterocycles. The maximum absolute atomic E-state index is 4.83. The number of nitrogens with zero attached hydrogens (tertiary/aromatic N) is 1. The van der Waals surface area contributed by atoms with Crippen molar-refractivity contribution in [2.75, 3.05) is 0 Å². The molecule has 86 valence electrons. The molecule has 0 saturated carbocycles. The third kappa shape index (κ3) is 2.12. The molecule has 2 aromatic carbocycles. The zero-order valence-electron chi connectivity index (χ0n) is 8.81. The zero-order chi connectivity index (χ0) is 11.7. The van der Waals surface area contributed by atoms with Crippen LogP contribution in [-0.4, -0.2) is 5.84 Å². The topological polar surface area (TPSA) is 33.6 Å². The lowest BCUT2D eigenvalue weighted by atomic mass is 10.0. The number of halogens is 1. The van der Waals surface area contributed by atoms with Crippen LogP contribution >= 0.6 is 28.2 Å². The van der Waals surface area contributed by atoms with Gasteiger partial charge in [-0.05, 0) is 32.3 Å². The lowest BCUT2D eigenvalue weighted by Crippen LogP contribution is -2.14. The predicted octanol–water partition coefficient (Wildman–Crippen LogP) is 3.64. The standard InChI is InChI=1S/C12H9BrN2OS/c13-12-9(7-11-14-16-17-15-11)6-5-8-3-1-2-4-10(8)12/h1-6H,7H2,(H,14,15). The van der Waals surface area contributed by atoms with Gasteiger partial charge in [0.2, 0.25) is 12.2 Å². The molecule has 1 aliphatic rings. The second-order valence-corrected chi connectivity index (χ2v) is 5.05. The molecule has 3 nitrogen and oxygen atoms in total. The third-order valence-electron chi connectivity index (χ3n) is 2.65. The Morgan fingerprint density at radius 2 is 2.12 bits per heavy atom. The summed E-state index contributed by atoms with van der Waals surface area (Å²) in [6, 6.07) is 12.5. The first-order valence-electron chi connectivity index (χ1n) is 5.16. The number of amidine groups is 1. The van der Waals surface area contributed by atoms with Crippen LogP contribution in [0.3, 0.4) is 0 Å². The van der Waals surface area contributed by atoms with Crippen LogP contribution in [-0.2, 0) is 10.7 Å². The second kappa shape index (κ2) is 4.58. The van der Waals surface area contributed by atoms with Crippen LogP contribution in [0.25, 0.3) is 10.8 Å². The third-order valence-corrected chi connectivity index (χ3v) is 4.05. The van der Waals surface area contributed by atoms with E-state index in [1.54, 1.807) is 0 Å². The number of benzene rings is 2. The zero-order valence-corrected chi connectivity index (χ0v) is 11.2. The summed E-state index contributed by atoms with van der Waals surface area (Å²) in [5, 5.41) is 6.35. The highest BCUT2D eigenvalue weighted by Gasteiger charge is 2.12. The molecule has 0 fully saturated rings. The Morgan fingerprint density at radius 1 is 1.24 bits per heavy atom. The molecule has 0 aromatic heterocycles. The van der Waals surface area contributed by atoms with Crippen LogP contribution in [0.4, 0.5) is 0 Å². The van der Waals surface area contributed by atoms with Gasteiger partial charge in [-0.25, -0.2) is 0 Å². The van der Waals surface area contributed by atoms with Crippen molar-refractivity contribution in [3.05, 3.63) is 46.4 Å². The van der Waals surface area contributed by atoms with E-state index < -0.39 is 0 Å². The van der Waals surface area contributed by atoms with E-state index in [0.717, 1.165) is 29.0 Å². The van der Waals surface area contributed by atoms with Crippen molar-refractivity contribution in [1.29, 1.82) is 0 Å². The Morgan fingerprint density at radius 3 is 2.94 bits per heavy atom. The monoisotopic (exact) mass is 308 g/mol. The molecule has 1 heterocycles. The molecule has 0 aliphatic carbocycles. The van der Waals surface area contributed by atoms with Crippen LogP contribution in [0.1, 0.15) is 5.56 Å². The first-order valence-corrected chi connectivity index (χ1v) is 6.70. The van der Waals surface area contributed by atoms with E-state index >= 15 is 0 Å². The molecule has 2 aromatic rings. The largest absolute Gasteiger partial charge is 0.297 e. The normalized spacial score (nSPS) is 14.3. The van der Waals surface area contributed by atoms with E-state index in [1.807, 2.05) is 12.1 Å². The quantitative estimate of drug-likeness (QED) is 0.679. The summed E-state index contributed by atoms with van der Waals surface area (Å²) in [4.78, 5) is 0. The average Bonchev–Trinajstić information content (AvgIpc) is 2.86. The maximum atomic E-state index is 4.83. The number of nitrogens with one attached hydrogen (secondary N) is 1. The van der Waals surface area contributed by atoms with Crippen LogP contribution < -0.4 is 4.72 Å². The average molecular weight is 309 g/mol. The Hall–Kier alpha value is -1.20. The molecule has 0 radical (unpaired) electrons. The fraction of sp³-hybridized carbons (Fsp3) is 0.0833. The lowest BCUT2D eigenvalue weighted by molar-refractivity contribution is 0.415. The van der Waals surface area contributed by atoms with Crippen molar-refractivity contribution < 1.29 is 4.28 Å². The van der Waals surface area contributed by atoms with Crippen molar-refractivity contribution >= 4 is 44.8 Å². The molecular weight excluding hydrogens is 300 g/mol. The van der Waals surface area contributed by atoms with E-state index in [4.69, 9.17) is 4.28 Å². The summed E-state index contributed by atoms with van der Waals surface area (Å²) in [5.41, 5.74) is 1.20. The predicted molar refractivity (Wildman–Crippen MR) is 74.6 cm³/mol. The van der Waals surface area contributed by atoms with Crippen LogP contribution in [0.15, 0.2) is 46.0 Å². The minimum Gasteiger partial charge on any atom is -0.297 e. The highest BCUT2D eigenvalue weighted by atomic mass is 79.9. The molecular formula is C12H9BrN2OS. The van der Waals surface area contributed by atoms with Crippen molar-refractivity contribution in [2.24, 2.45) is 5.16 Å². The summed E-state index contributed by atoms with van der Waals surface area (Å²) in [7, 11) is 0. The van der Waals surface area contributed by atoms with Gasteiger partial charge in [0.15, 0.2) is 5.84 Å². The Balaban J connectivity index is 2.02. The molecule has 17 heavy (non-hydrogen) atoms. The molecule has 0 unspecified atom stereocenters. The van der Waals surface area contributed by atoms with Gasteiger partial charge in [-0.3, -0.25) is 9.01 Å². The van der Waals surface area contributed by atoms with Crippen molar-refractivity contribution in [2.45, 2.75) is 6.42 Å². The first kappa shape index (κ1) is 10.9. The van der Waals surface area contributed by atoms with Gasteiger partial charge in [0.1, 0.15) is 0 Å². The minimum atomic E-state index is 0.735. The summed E-state index contributed by atoms with van der Waals surface area (Å²) in [5.74, 6) is 0.839. The van der Waals surface area contributed by atoms with E-state index in [9.17, 15) is 0 Å². The van der Waals surface area contributed by atoms with Gasteiger partial charge in [0.25, 0.3) is 0 Å². The highest BCUT2D eigenvalue weighted by molar-refractivity contribution is 9.10. The van der Waals surface area contributed by atoms with Crippen LogP contribution in [0.5, 0.6) is 0 Å². The fourth-order valence-electron chi connectivity index (χ4n) is 1.81. The molecule has 0 atom stereocenters. The second-order valence-electron chi connectivity index (χ2n) is 3.73. The number of oxime groups is 1. The molecule has 3 rings (SSSR count). The number of hydrogen-bond acceptors (Lipinski definition) is 4. The van der Waals surface area contributed by atoms with Gasteiger partial charge >= 0.3 is 0 Å². The van der Waals surface area contributed by atoms with Crippen LogP contribution in [0, 0.1) is 0 Å². The van der Waals surface area contributed by atoms with Gasteiger partial charge in [0.05, 0.1) is 0 Å². The number of hydrogen-bond donors (Lipinski definition) is 1. The fourth-order valence-corrected chi connectivity index (χ4v) is 2.82. The van der Waals surface area contributed by atoms with E-state index in [2.05, 4.69) is 50.1 Å². The van der Waals surface area contributed by atoms with Gasteiger partial charge < -0.3 is 0 Å². The summed E-state index contributed by atoms with van der Waals surface area (Å²) in [6.45, 7) is 0. The van der Waals surface area contributed by atoms with Crippen molar-refractivity contribution in [1.82, 2.24) is 4.72 Å². The summed E-state index contributed by atoms with van der Waals surface area (Å²) in [6.07, 6.45) is 0.735. The highest BCUT2D eigenvalue weighted by Crippen LogP contribution is 2.28. The molecule has 0 spiro atoms. The van der Waals surface area contributed by atoms with E-state index in [0.29, 0.717) is 0 Å². The lowest BCUT2D eigenvalue weighted by Gasteiger charge is -2.07. The number of rotatable bonds is 2. The van der Waals surface area contributed by atoms with Gasteiger partial charge in [-0.15, -0.1) is 0 Å². The molecule has 1 N–H and O–H groups in total. The van der Waals surface area contributed by atoms with Crippen molar-refractivity contribution in [3.8, 4) is 0 Å². The SMILES string of the molecule is Brc1c(CC2=NOSN2)ccc2ccccc12. The van der Waals surface area contributed by atoms with Crippen LogP contribution in [0.2, 0.25) is 0 Å². The van der Waals surface area contributed by atoms with Gasteiger partial charge in [-0.2, -0.15) is 0 Å². The molecule has 0 bridgehead atoms. The Labute approximate surface area is 112 Å². The van der Waals surface area contributed by atoms with Crippen molar-refractivity contribution in [3.63, 3.8) is 0 Å². The van der Waals surface area contributed by atoms with Gasteiger partial charge in [-0.1, -0.05) is 41.6 Å². The van der Waals surface area contributed by atoms with Gasteiger partial charge in [0, 0.05) is 10.9 Å². The Kier molecular flexibility index (Phi) is 2.94. The molecule has 0 amide bonds. The van der Waals surface area contributed by atoms with E-state index in [1.165, 1.54) is 16.3 Å². The maximum Gasteiger partial charge on any atom is 0.208 e. The molecule has 1 aliphatic heterocycles. The summed E-state index contributed by atoms with van der Waals surface area (Å²) >= 11 is 4.80. The first-order chi connectivity index (χ1) is 8.34. The Bertz CT molecular complexity index is 600. The summed E-state index contributed by atoms with van der Waals surface area (Å²) < 4.78 is 8.96. The number of fused-ring (bicyclic) bond motifs is 1. The smallest absolute Gasteiger partial charge is 0.208 e. The van der Waals surface area contributed by atoms with E-state index in [-0.39, 0.29) is 0 Å². The molecule has 5 heteroatoms. The minimum absolute atomic E-state index is 0.735.